The second kappa shape index (κ2) is 8.31. The number of carbonyl (C=O) groups is 1. The minimum atomic E-state index is -1.18. The highest BCUT2D eigenvalue weighted by atomic mass is 35.5. The highest BCUT2D eigenvalue weighted by Gasteiger charge is 2.31. The average molecular weight is 430 g/mol. The van der Waals surface area contributed by atoms with Gasteiger partial charge in [0.15, 0.2) is 5.60 Å². The molecule has 30 heavy (non-hydrogen) atoms. The van der Waals surface area contributed by atoms with E-state index in [1.165, 1.54) is 4.68 Å². The van der Waals surface area contributed by atoms with Crippen LogP contribution in [0.25, 0.3) is 5.95 Å². The lowest BCUT2D eigenvalue weighted by Crippen LogP contribution is -2.43. The molecule has 0 bridgehead atoms. The van der Waals surface area contributed by atoms with Crippen molar-refractivity contribution in [3.8, 4) is 11.7 Å². The summed E-state index contributed by atoms with van der Waals surface area (Å²) in [6, 6.07) is 8.46. The molecule has 0 radical (unpaired) electrons. The van der Waals surface area contributed by atoms with E-state index in [2.05, 4.69) is 20.4 Å². The predicted octanol–water partition coefficient (Wildman–Crippen LogP) is 3.58. The molecule has 3 aromatic rings. The monoisotopic (exact) mass is 429 g/mol. The van der Waals surface area contributed by atoms with Crippen molar-refractivity contribution in [2.75, 3.05) is 5.32 Å². The molecular weight excluding hydrogens is 406 g/mol. The van der Waals surface area contributed by atoms with Crippen LogP contribution in [-0.4, -0.2) is 31.3 Å². The molecule has 0 saturated carbocycles. The fourth-order valence-electron chi connectivity index (χ4n) is 2.97. The van der Waals surface area contributed by atoms with E-state index in [-0.39, 0.29) is 17.4 Å². The Labute approximate surface area is 179 Å². The van der Waals surface area contributed by atoms with Gasteiger partial charge in [-0.05, 0) is 58.4 Å². The number of hydrogen-bond donors (Lipinski definition) is 2. The zero-order valence-electron chi connectivity index (χ0n) is 17.5. The van der Waals surface area contributed by atoms with Gasteiger partial charge in [-0.1, -0.05) is 18.5 Å². The second-order valence-electron chi connectivity index (χ2n) is 7.41. The maximum Gasteiger partial charge on any atom is 0.269 e. The highest BCUT2D eigenvalue weighted by Crippen LogP contribution is 2.23. The molecule has 2 heterocycles. The number of ether oxygens (including phenoxy) is 1. The Balaban J connectivity index is 1.88. The van der Waals surface area contributed by atoms with Crippen molar-refractivity contribution in [3.63, 3.8) is 0 Å². The normalized spacial score (nSPS) is 11.4. The van der Waals surface area contributed by atoms with Crippen molar-refractivity contribution in [1.29, 1.82) is 0 Å². The number of aromatic amines is 1. The SMILES string of the molecule is CCc1c(C)nc(-n2nc(C)cc2NC(=O)C(C)(C)Oc2ccc(Cl)cc2)[nH]c1=O. The van der Waals surface area contributed by atoms with E-state index in [1.54, 1.807) is 58.0 Å². The summed E-state index contributed by atoms with van der Waals surface area (Å²) in [5, 5.41) is 7.76. The van der Waals surface area contributed by atoms with Crippen LogP contribution in [0.3, 0.4) is 0 Å². The fraction of sp³-hybridized carbons (Fsp3) is 0.333. The number of H-pyrrole nitrogens is 1. The van der Waals surface area contributed by atoms with Crippen molar-refractivity contribution in [3.05, 3.63) is 62.7 Å². The maximum atomic E-state index is 12.9. The van der Waals surface area contributed by atoms with Crippen LogP contribution in [0, 0.1) is 13.8 Å². The third-order valence-electron chi connectivity index (χ3n) is 4.57. The average Bonchev–Trinajstić information content (AvgIpc) is 3.03. The molecule has 0 spiro atoms. The Kier molecular flexibility index (Phi) is 5.98. The van der Waals surface area contributed by atoms with Gasteiger partial charge in [0.2, 0.25) is 5.95 Å². The number of aromatic nitrogens is 4. The number of nitrogens with zero attached hydrogens (tertiary/aromatic N) is 3. The summed E-state index contributed by atoms with van der Waals surface area (Å²) in [5.41, 5.74) is 0.483. The van der Waals surface area contributed by atoms with Crippen LogP contribution >= 0.6 is 11.6 Å². The van der Waals surface area contributed by atoms with Gasteiger partial charge in [-0.2, -0.15) is 9.78 Å². The van der Waals surface area contributed by atoms with Crippen LogP contribution in [0.1, 0.15) is 37.7 Å². The van der Waals surface area contributed by atoms with Crippen LogP contribution < -0.4 is 15.6 Å². The van der Waals surface area contributed by atoms with Crippen molar-refractivity contribution >= 4 is 23.3 Å². The molecule has 8 nitrogen and oxygen atoms in total. The van der Waals surface area contributed by atoms with E-state index in [9.17, 15) is 9.59 Å². The summed E-state index contributed by atoms with van der Waals surface area (Å²) in [5.74, 6) is 0.732. The van der Waals surface area contributed by atoms with Gasteiger partial charge in [0.25, 0.3) is 11.5 Å². The number of nitrogens with one attached hydrogen (secondary N) is 2. The van der Waals surface area contributed by atoms with Gasteiger partial charge in [0.05, 0.1) is 5.69 Å². The lowest BCUT2D eigenvalue weighted by atomic mass is 10.1. The molecule has 0 aliphatic rings. The Bertz CT molecular complexity index is 1130. The summed E-state index contributed by atoms with van der Waals surface area (Å²) >= 11 is 5.90. The van der Waals surface area contributed by atoms with Gasteiger partial charge in [-0.3, -0.25) is 14.6 Å². The molecule has 0 saturated heterocycles. The van der Waals surface area contributed by atoms with Crippen molar-refractivity contribution in [2.45, 2.75) is 46.6 Å². The number of rotatable bonds is 6. The molecule has 0 atom stereocenters. The molecule has 1 aromatic carbocycles. The van der Waals surface area contributed by atoms with Gasteiger partial charge < -0.3 is 10.1 Å². The van der Waals surface area contributed by atoms with Crippen LogP contribution in [0.5, 0.6) is 5.75 Å². The minimum Gasteiger partial charge on any atom is -0.478 e. The van der Waals surface area contributed by atoms with Crippen molar-refractivity contribution in [1.82, 2.24) is 19.7 Å². The second-order valence-corrected chi connectivity index (χ2v) is 7.85. The fourth-order valence-corrected chi connectivity index (χ4v) is 3.10. The number of hydrogen-bond acceptors (Lipinski definition) is 5. The van der Waals surface area contributed by atoms with Gasteiger partial charge >= 0.3 is 0 Å². The zero-order valence-corrected chi connectivity index (χ0v) is 18.3. The predicted molar refractivity (Wildman–Crippen MR) is 116 cm³/mol. The van der Waals surface area contributed by atoms with Gasteiger partial charge in [-0.15, -0.1) is 0 Å². The lowest BCUT2D eigenvalue weighted by Gasteiger charge is -2.25. The van der Waals surface area contributed by atoms with E-state index in [1.807, 2.05) is 6.92 Å². The van der Waals surface area contributed by atoms with Crippen molar-refractivity contribution < 1.29 is 9.53 Å². The third-order valence-corrected chi connectivity index (χ3v) is 4.82. The maximum absolute atomic E-state index is 12.9. The smallest absolute Gasteiger partial charge is 0.269 e. The summed E-state index contributed by atoms with van der Waals surface area (Å²) in [6.45, 7) is 8.77. The Hall–Kier alpha value is -3.13. The first kappa shape index (κ1) is 21.6. The molecule has 3 rings (SSSR count). The first-order valence-corrected chi connectivity index (χ1v) is 9.91. The van der Waals surface area contributed by atoms with Gasteiger partial charge in [-0.25, -0.2) is 4.98 Å². The first-order chi connectivity index (χ1) is 14.1. The summed E-state index contributed by atoms with van der Waals surface area (Å²) in [6.07, 6.45) is 0.576. The molecule has 0 aliphatic heterocycles. The number of amides is 1. The molecular formula is C21H24ClN5O3. The third kappa shape index (κ3) is 4.54. The van der Waals surface area contributed by atoms with Gasteiger partial charge in [0.1, 0.15) is 11.6 Å². The highest BCUT2D eigenvalue weighted by molar-refractivity contribution is 6.30. The van der Waals surface area contributed by atoms with E-state index >= 15 is 0 Å². The molecule has 1 amide bonds. The summed E-state index contributed by atoms with van der Waals surface area (Å²) in [7, 11) is 0. The Morgan fingerprint density at radius 3 is 2.53 bits per heavy atom. The van der Waals surface area contributed by atoms with E-state index in [0.717, 1.165) is 0 Å². The lowest BCUT2D eigenvalue weighted by molar-refractivity contribution is -0.128. The molecule has 9 heteroatoms. The standard InChI is InChI=1S/C21H24ClN5O3/c1-6-16-13(3)23-20(25-18(16)28)27-17(11-12(2)26-27)24-19(29)21(4,5)30-15-9-7-14(22)8-10-15/h7-11H,6H2,1-5H3,(H,24,29)(H,23,25,28). The van der Waals surface area contributed by atoms with Crippen LogP contribution in [-0.2, 0) is 11.2 Å². The van der Waals surface area contributed by atoms with E-state index < -0.39 is 5.60 Å². The number of halogens is 1. The van der Waals surface area contributed by atoms with Crippen LogP contribution in [0.4, 0.5) is 5.82 Å². The molecule has 0 aliphatic carbocycles. The number of aryl methyl sites for hydroxylation is 2. The molecule has 2 N–H and O–H groups in total. The topological polar surface area (TPSA) is 102 Å². The summed E-state index contributed by atoms with van der Waals surface area (Å²) in [4.78, 5) is 32.5. The molecule has 158 valence electrons. The zero-order chi connectivity index (χ0) is 22.1. The number of carbonyl (C=O) groups excluding carboxylic acids is 1. The molecule has 0 fully saturated rings. The van der Waals surface area contributed by atoms with E-state index in [4.69, 9.17) is 16.3 Å². The Morgan fingerprint density at radius 1 is 1.27 bits per heavy atom. The van der Waals surface area contributed by atoms with Crippen LogP contribution in [0.15, 0.2) is 35.1 Å². The largest absolute Gasteiger partial charge is 0.478 e. The first-order valence-electron chi connectivity index (χ1n) is 9.53. The van der Waals surface area contributed by atoms with E-state index in [0.29, 0.717) is 40.0 Å². The van der Waals surface area contributed by atoms with Crippen LogP contribution in [0.2, 0.25) is 5.02 Å². The molecule has 2 aromatic heterocycles. The number of anilines is 1. The van der Waals surface area contributed by atoms with Gasteiger partial charge in [0, 0.05) is 22.3 Å². The quantitative estimate of drug-likeness (QED) is 0.623. The number of benzene rings is 1. The van der Waals surface area contributed by atoms with Crippen molar-refractivity contribution in [2.24, 2.45) is 0 Å². The summed E-state index contributed by atoms with van der Waals surface area (Å²) < 4.78 is 7.24. The Morgan fingerprint density at radius 2 is 1.93 bits per heavy atom. The minimum absolute atomic E-state index is 0.225. The molecule has 0 unspecified atom stereocenters.